The number of nitrogens with zero attached hydrogens (tertiary/aromatic N) is 3. The highest BCUT2D eigenvalue weighted by atomic mass is 32.1. The maximum Gasteiger partial charge on any atom is 0.0476 e. The summed E-state index contributed by atoms with van der Waals surface area (Å²) in [5.41, 5.74) is 12.4. The fourth-order valence-electron chi connectivity index (χ4n) is 10.4. The third-order valence-corrected chi connectivity index (χ3v) is 17.3. The average Bonchev–Trinajstić information content (AvgIpc) is 4.13. The van der Waals surface area contributed by atoms with E-state index in [4.69, 9.17) is 0 Å². The molecular formula is C66H43N3S3. The van der Waals surface area contributed by atoms with Crippen molar-refractivity contribution in [1.82, 2.24) is 0 Å². The highest BCUT2D eigenvalue weighted by molar-refractivity contribution is 7.26. The lowest BCUT2D eigenvalue weighted by Crippen LogP contribution is -2.12. The van der Waals surface area contributed by atoms with E-state index < -0.39 is 0 Å². The smallest absolute Gasteiger partial charge is 0.0476 e. The van der Waals surface area contributed by atoms with E-state index in [1.165, 1.54) is 71.6 Å². The van der Waals surface area contributed by atoms with Gasteiger partial charge in [-0.25, -0.2) is 0 Å². The molecule has 0 bridgehead atoms. The van der Waals surface area contributed by atoms with E-state index in [-0.39, 0.29) is 0 Å². The van der Waals surface area contributed by atoms with Gasteiger partial charge in [0.1, 0.15) is 0 Å². The van der Waals surface area contributed by atoms with Crippen LogP contribution in [0, 0.1) is 0 Å². The molecule has 340 valence electrons. The number of thiophene rings is 3. The molecule has 6 heteroatoms. The van der Waals surface area contributed by atoms with Crippen LogP contribution in [-0.4, -0.2) is 0 Å². The van der Waals surface area contributed by atoms with E-state index in [1.807, 2.05) is 34.0 Å². The topological polar surface area (TPSA) is 9.72 Å². The number of hydrogen-bond acceptors (Lipinski definition) is 6. The molecule has 0 aliphatic heterocycles. The van der Waals surface area contributed by atoms with Gasteiger partial charge in [0.05, 0.1) is 0 Å². The Kier molecular flexibility index (Phi) is 10.4. The second-order valence-electron chi connectivity index (χ2n) is 18.1. The molecule has 3 nitrogen and oxygen atoms in total. The van der Waals surface area contributed by atoms with Crippen LogP contribution in [-0.2, 0) is 0 Å². The van der Waals surface area contributed by atoms with E-state index >= 15 is 0 Å². The molecule has 14 rings (SSSR count). The Morgan fingerprint density at radius 1 is 0.181 bits per heavy atom. The Morgan fingerprint density at radius 3 is 0.972 bits per heavy atom. The molecule has 0 N–H and O–H groups in total. The Balaban J connectivity index is 0.793. The lowest BCUT2D eigenvalue weighted by molar-refractivity contribution is 1.26. The normalized spacial score (nSPS) is 11.6. The fraction of sp³-hybridized carbons (Fsp3) is 0. The lowest BCUT2D eigenvalue weighted by atomic mass is 10.0. The van der Waals surface area contributed by atoms with E-state index in [0.29, 0.717) is 0 Å². The minimum absolute atomic E-state index is 1.09. The summed E-state index contributed by atoms with van der Waals surface area (Å²) in [4.78, 5) is 7.10. The zero-order valence-electron chi connectivity index (χ0n) is 38.9. The van der Waals surface area contributed by atoms with Gasteiger partial charge in [0, 0.05) is 112 Å². The monoisotopic (exact) mass is 973 g/mol. The van der Waals surface area contributed by atoms with Crippen molar-refractivity contribution in [3.8, 4) is 11.1 Å². The van der Waals surface area contributed by atoms with Crippen LogP contribution in [0.4, 0.5) is 51.2 Å². The van der Waals surface area contributed by atoms with Gasteiger partial charge in [-0.2, -0.15) is 0 Å². The first-order chi connectivity index (χ1) is 35.7. The van der Waals surface area contributed by atoms with E-state index in [0.717, 1.165) is 51.2 Å². The molecule has 0 radical (unpaired) electrons. The van der Waals surface area contributed by atoms with Gasteiger partial charge >= 0.3 is 0 Å². The largest absolute Gasteiger partial charge is 0.310 e. The van der Waals surface area contributed by atoms with Crippen molar-refractivity contribution in [2.24, 2.45) is 0 Å². The van der Waals surface area contributed by atoms with Gasteiger partial charge in [0.2, 0.25) is 0 Å². The summed E-state index contributed by atoms with van der Waals surface area (Å²) in [7, 11) is 0. The average molecular weight is 974 g/mol. The summed E-state index contributed by atoms with van der Waals surface area (Å²) in [5.74, 6) is 0. The second kappa shape index (κ2) is 17.7. The van der Waals surface area contributed by atoms with Crippen LogP contribution in [0.25, 0.3) is 71.6 Å². The SMILES string of the molecule is c1ccc(N(c2ccc(N(c3ccccc3)c3ccc4sc5ccccc5c4c3)cc2)c2ccc3c(c2)sc2ccc(-c4ccc(N(c5ccccc5)c5ccc6sc7ccccc7c6c5)cc4)cc23)cc1. The first-order valence-corrected chi connectivity index (χ1v) is 26.7. The minimum atomic E-state index is 1.09. The van der Waals surface area contributed by atoms with E-state index in [9.17, 15) is 0 Å². The first-order valence-electron chi connectivity index (χ1n) is 24.2. The molecule has 0 saturated heterocycles. The van der Waals surface area contributed by atoms with Crippen LogP contribution in [0.3, 0.4) is 0 Å². The van der Waals surface area contributed by atoms with Crippen molar-refractivity contribution in [3.63, 3.8) is 0 Å². The second-order valence-corrected chi connectivity index (χ2v) is 21.4. The van der Waals surface area contributed by atoms with Crippen molar-refractivity contribution in [2.75, 3.05) is 14.7 Å². The van der Waals surface area contributed by atoms with Gasteiger partial charge in [-0.3, -0.25) is 0 Å². The summed E-state index contributed by atoms with van der Waals surface area (Å²) >= 11 is 5.56. The predicted molar refractivity (Wildman–Crippen MR) is 315 cm³/mol. The molecule has 0 spiro atoms. The quantitative estimate of drug-likeness (QED) is 0.135. The van der Waals surface area contributed by atoms with Gasteiger partial charge in [0.15, 0.2) is 0 Å². The highest BCUT2D eigenvalue weighted by Gasteiger charge is 2.20. The Bertz CT molecular complexity index is 4270. The summed E-state index contributed by atoms with van der Waals surface area (Å²) in [6.07, 6.45) is 0. The summed E-state index contributed by atoms with van der Waals surface area (Å²) in [6.45, 7) is 0. The van der Waals surface area contributed by atoms with Crippen LogP contribution in [0.15, 0.2) is 261 Å². The number of benzene rings is 11. The Labute approximate surface area is 429 Å². The van der Waals surface area contributed by atoms with E-state index in [1.54, 1.807) is 0 Å². The van der Waals surface area contributed by atoms with Crippen LogP contribution < -0.4 is 14.7 Å². The molecule has 0 amide bonds. The Hall–Kier alpha value is -8.52. The molecule has 3 aromatic heterocycles. The van der Waals surface area contributed by atoms with Crippen LogP contribution in [0.5, 0.6) is 0 Å². The lowest BCUT2D eigenvalue weighted by Gasteiger charge is -2.28. The zero-order valence-corrected chi connectivity index (χ0v) is 41.3. The van der Waals surface area contributed by atoms with Gasteiger partial charge < -0.3 is 14.7 Å². The van der Waals surface area contributed by atoms with Crippen molar-refractivity contribution < 1.29 is 0 Å². The minimum Gasteiger partial charge on any atom is -0.310 e. The summed E-state index contributed by atoms with van der Waals surface area (Å²) in [6, 6.07) is 95.2. The molecule has 14 aromatic rings. The fourth-order valence-corrected chi connectivity index (χ4v) is 13.7. The molecule has 0 unspecified atom stereocenters. The standard InChI is InChI=1S/C66H43N3S3/c1-4-14-46(15-5-1)67(52-34-38-64-59(41-52)55-20-10-12-22-61(55)70-64)49-27-24-44(25-28-49)45-26-37-63-58(40-45)57-36-33-54(43-66(57)72-63)69(48-18-8-3-9-19-48)51-31-29-50(30-32-51)68(47-16-6-2-7-17-47)53-35-39-65-60(42-53)56-21-11-13-23-62(56)71-65/h1-43H. The van der Waals surface area contributed by atoms with Crippen molar-refractivity contribution >= 4 is 146 Å². The molecule has 0 fully saturated rings. The molecule has 3 heterocycles. The number of hydrogen-bond donors (Lipinski definition) is 0. The zero-order chi connectivity index (χ0) is 47.5. The first kappa shape index (κ1) is 42.4. The molecular weight excluding hydrogens is 931 g/mol. The van der Waals surface area contributed by atoms with Crippen molar-refractivity contribution in [2.45, 2.75) is 0 Å². The molecule has 11 aromatic carbocycles. The maximum absolute atomic E-state index is 2.37. The van der Waals surface area contributed by atoms with Gasteiger partial charge in [-0.15, -0.1) is 34.0 Å². The maximum atomic E-state index is 2.37. The van der Waals surface area contributed by atoms with Gasteiger partial charge in [-0.1, -0.05) is 115 Å². The van der Waals surface area contributed by atoms with Crippen LogP contribution >= 0.6 is 34.0 Å². The number of anilines is 9. The van der Waals surface area contributed by atoms with Crippen molar-refractivity contribution in [1.29, 1.82) is 0 Å². The van der Waals surface area contributed by atoms with Crippen molar-refractivity contribution in [3.05, 3.63) is 261 Å². The number of para-hydroxylation sites is 3. The predicted octanol–water partition coefficient (Wildman–Crippen LogP) is 20.9. The number of fused-ring (bicyclic) bond motifs is 9. The third-order valence-electron chi connectivity index (χ3n) is 13.8. The molecule has 0 saturated carbocycles. The molecule has 0 aliphatic carbocycles. The Morgan fingerprint density at radius 2 is 0.486 bits per heavy atom. The van der Waals surface area contributed by atoms with Crippen LogP contribution in [0.2, 0.25) is 0 Å². The van der Waals surface area contributed by atoms with Gasteiger partial charge in [0.25, 0.3) is 0 Å². The summed E-state index contributed by atoms with van der Waals surface area (Å²) in [5, 5.41) is 7.72. The van der Waals surface area contributed by atoms with Crippen LogP contribution in [0.1, 0.15) is 0 Å². The number of rotatable bonds is 10. The third kappa shape index (κ3) is 7.47. The molecule has 0 atom stereocenters. The molecule has 0 aliphatic rings. The highest BCUT2D eigenvalue weighted by Crippen LogP contribution is 2.46. The molecule has 72 heavy (non-hydrogen) atoms. The summed E-state index contributed by atoms with van der Waals surface area (Å²) < 4.78 is 7.76. The van der Waals surface area contributed by atoms with E-state index in [2.05, 4.69) is 276 Å². The van der Waals surface area contributed by atoms with Gasteiger partial charge in [-0.05, 0) is 157 Å².